The zero-order valence-electron chi connectivity index (χ0n) is 35.8. The topological polar surface area (TPSA) is 146 Å². The zero-order chi connectivity index (χ0) is 42.8. The van der Waals surface area contributed by atoms with Gasteiger partial charge in [0, 0.05) is 54.4 Å². The highest BCUT2D eigenvalue weighted by molar-refractivity contribution is 7.73. The third kappa shape index (κ3) is 6.57. The third-order valence-corrected chi connectivity index (χ3v) is 13.8. The molecule has 304 valence electrons. The van der Waals surface area contributed by atoms with E-state index in [1.54, 1.807) is 36.4 Å². The van der Waals surface area contributed by atoms with Crippen LogP contribution in [0.25, 0.3) is 89.7 Å². The summed E-state index contributed by atoms with van der Waals surface area (Å²) in [5.41, 5.74) is 8.69. The van der Waals surface area contributed by atoms with Crippen molar-refractivity contribution < 1.29 is 9.46 Å². The molecule has 8 aromatic rings. The van der Waals surface area contributed by atoms with Crippen LogP contribution < -0.4 is 10.6 Å². The first-order valence-corrected chi connectivity index (χ1v) is 22.3. The number of hydrogen-bond acceptors (Lipinski definition) is 7. The van der Waals surface area contributed by atoms with Crippen molar-refractivity contribution in [2.24, 2.45) is 0 Å². The Hall–Kier alpha value is -6.35. The maximum atomic E-state index is 14.1. The van der Waals surface area contributed by atoms with Crippen molar-refractivity contribution in [1.29, 1.82) is 0 Å². The number of benzene rings is 5. The van der Waals surface area contributed by atoms with Crippen LogP contribution in [0.2, 0.25) is 0 Å². The Morgan fingerprint density at radius 1 is 0.410 bits per heavy atom. The SMILES string of the molecule is CC(C)(C)c1ccc2c(c1)-c1nc-2nc2[nH]c(nc3nc(nc4[nH]c(n1)c1ccc(C(C)(C)C)cc41)-c1ccc(C(C)(C)C)cc1-3)c1ccc(P(=O)(O)c3ccccc3)cc21. The van der Waals surface area contributed by atoms with Gasteiger partial charge in [0.05, 0.1) is 0 Å². The van der Waals surface area contributed by atoms with Crippen molar-refractivity contribution in [3.8, 4) is 45.6 Å². The molecule has 3 aromatic heterocycles. The van der Waals surface area contributed by atoms with E-state index in [1.165, 1.54) is 5.56 Å². The van der Waals surface area contributed by atoms with Crippen molar-refractivity contribution in [2.45, 2.75) is 78.6 Å². The number of aromatic amines is 2. The highest BCUT2D eigenvalue weighted by Crippen LogP contribution is 2.42. The lowest BCUT2D eigenvalue weighted by molar-refractivity contribution is 0.501. The van der Waals surface area contributed by atoms with Crippen LogP contribution in [0.15, 0.2) is 103 Å². The molecule has 5 aromatic carbocycles. The number of hydrogen-bond donors (Lipinski definition) is 3. The summed E-state index contributed by atoms with van der Waals surface area (Å²) in [6.45, 7) is 19.7. The van der Waals surface area contributed by atoms with Crippen molar-refractivity contribution >= 4 is 62.1 Å². The largest absolute Gasteiger partial charge is 0.338 e. The molecule has 1 atom stereocenters. The summed E-state index contributed by atoms with van der Waals surface area (Å²) in [5, 5.41) is 3.80. The van der Waals surface area contributed by atoms with Gasteiger partial charge >= 0.3 is 0 Å². The Morgan fingerprint density at radius 2 is 0.803 bits per heavy atom. The summed E-state index contributed by atoms with van der Waals surface area (Å²) in [4.78, 5) is 50.0. The summed E-state index contributed by atoms with van der Waals surface area (Å²) >= 11 is 0. The van der Waals surface area contributed by atoms with E-state index in [2.05, 4.69) is 127 Å². The van der Waals surface area contributed by atoms with Crippen LogP contribution >= 0.6 is 7.37 Å². The molecular formula is C50H47N8O2P. The summed E-state index contributed by atoms with van der Waals surface area (Å²) in [6.07, 6.45) is 0. The number of aromatic nitrogens is 8. The molecular weight excluding hydrogens is 776 g/mol. The molecule has 2 aliphatic heterocycles. The molecule has 0 spiro atoms. The van der Waals surface area contributed by atoms with Crippen LogP contribution in [-0.4, -0.2) is 44.8 Å². The molecule has 10 rings (SSSR count). The highest BCUT2D eigenvalue weighted by atomic mass is 31.2. The smallest absolute Gasteiger partial charge is 0.258 e. The van der Waals surface area contributed by atoms with Crippen LogP contribution in [0.4, 0.5) is 0 Å². The normalized spacial score (nSPS) is 13.9. The fourth-order valence-corrected chi connectivity index (χ4v) is 9.60. The van der Waals surface area contributed by atoms with Crippen LogP contribution in [0.3, 0.4) is 0 Å². The van der Waals surface area contributed by atoms with E-state index in [9.17, 15) is 9.46 Å². The molecule has 0 radical (unpaired) electrons. The van der Waals surface area contributed by atoms with E-state index in [1.807, 2.05) is 12.1 Å². The van der Waals surface area contributed by atoms with Crippen LogP contribution in [0.1, 0.15) is 79.0 Å². The van der Waals surface area contributed by atoms with Crippen molar-refractivity contribution in [3.63, 3.8) is 0 Å². The fourth-order valence-electron chi connectivity index (χ4n) is 8.15. The monoisotopic (exact) mass is 822 g/mol. The average Bonchev–Trinajstić information content (AvgIpc) is 3.94. The highest BCUT2D eigenvalue weighted by Gasteiger charge is 2.28. The standard InChI is InChI=1S/C50H47N8O2P/c1-48(2,3)27-15-19-32-36(23-27)44-51-40(32)53-45-38-25-29(50(7,8)9)17-21-34(38)42(55-45)57-47-39-26-31(61(59,60)30-13-11-10-12-14-30)18-22-35(39)43(58-47)56-46-37-24-28(49(4,5)6)16-20-33(37)41(52-44)54-46/h10-26H,1-9H3,(H,59,60)(H2,51,52,53,54,55,56,57,58). The fraction of sp³-hybridized carbons (Fsp3) is 0.240. The van der Waals surface area contributed by atoms with Gasteiger partial charge in [-0.3, -0.25) is 4.57 Å². The Morgan fingerprint density at radius 3 is 1.28 bits per heavy atom. The molecule has 8 bridgehead atoms. The van der Waals surface area contributed by atoms with E-state index in [0.717, 1.165) is 44.2 Å². The second kappa shape index (κ2) is 13.3. The predicted octanol–water partition coefficient (Wildman–Crippen LogP) is 11.0. The maximum absolute atomic E-state index is 14.1. The maximum Gasteiger partial charge on any atom is 0.258 e. The molecule has 0 saturated carbocycles. The molecule has 3 N–H and O–H groups in total. The predicted molar refractivity (Wildman–Crippen MR) is 248 cm³/mol. The lowest BCUT2D eigenvalue weighted by Gasteiger charge is -2.19. The van der Waals surface area contributed by atoms with Gasteiger partial charge in [0.15, 0.2) is 23.3 Å². The van der Waals surface area contributed by atoms with Gasteiger partial charge in [0.1, 0.15) is 22.6 Å². The van der Waals surface area contributed by atoms with Crippen molar-refractivity contribution in [3.05, 3.63) is 120 Å². The number of rotatable bonds is 2. The van der Waals surface area contributed by atoms with Gasteiger partial charge in [0.25, 0.3) is 7.37 Å². The molecule has 0 saturated heterocycles. The number of fused-ring (bicyclic) bond motifs is 20. The lowest BCUT2D eigenvalue weighted by Crippen LogP contribution is -2.15. The molecule has 2 aliphatic rings. The molecule has 0 fully saturated rings. The second-order valence-corrected chi connectivity index (χ2v) is 21.5. The summed E-state index contributed by atoms with van der Waals surface area (Å²) < 4.78 is 14.1. The quantitative estimate of drug-likeness (QED) is 0.146. The molecule has 1 unspecified atom stereocenters. The van der Waals surface area contributed by atoms with Gasteiger partial charge < -0.3 is 14.9 Å². The summed E-state index contributed by atoms with van der Waals surface area (Å²) in [7, 11) is -3.97. The molecule has 0 amide bonds. The minimum atomic E-state index is -3.97. The number of nitrogens with one attached hydrogen (secondary N) is 2. The van der Waals surface area contributed by atoms with Crippen LogP contribution in [0, 0.1) is 0 Å². The summed E-state index contributed by atoms with van der Waals surface area (Å²) in [6, 6.07) is 33.2. The van der Waals surface area contributed by atoms with E-state index >= 15 is 0 Å². The first kappa shape index (κ1) is 38.8. The first-order valence-electron chi connectivity index (χ1n) is 20.6. The third-order valence-electron chi connectivity index (χ3n) is 11.9. The molecule has 10 nitrogen and oxygen atoms in total. The van der Waals surface area contributed by atoms with Crippen LogP contribution in [-0.2, 0) is 20.8 Å². The minimum Gasteiger partial charge on any atom is -0.338 e. The number of H-pyrrole nitrogens is 2. The molecule has 11 heteroatoms. The molecule has 0 aliphatic carbocycles. The van der Waals surface area contributed by atoms with Gasteiger partial charge in [-0.2, -0.15) is 0 Å². The minimum absolute atomic E-state index is 0.104. The first-order chi connectivity index (χ1) is 28.8. The molecule has 61 heavy (non-hydrogen) atoms. The molecule has 5 heterocycles. The number of nitrogens with zero attached hydrogens (tertiary/aromatic N) is 6. The van der Waals surface area contributed by atoms with Gasteiger partial charge in [-0.05, 0) is 81.5 Å². The Balaban J connectivity index is 1.36. The Kier molecular flexibility index (Phi) is 8.48. The Bertz CT molecular complexity index is 3350. The van der Waals surface area contributed by atoms with E-state index < -0.39 is 7.37 Å². The Labute approximate surface area is 354 Å². The van der Waals surface area contributed by atoms with E-state index in [-0.39, 0.29) is 21.5 Å². The van der Waals surface area contributed by atoms with Gasteiger partial charge in [-0.15, -0.1) is 0 Å². The summed E-state index contributed by atoms with van der Waals surface area (Å²) in [5.74, 6) is 1.99. The van der Waals surface area contributed by atoms with Crippen LogP contribution in [0.5, 0.6) is 0 Å². The van der Waals surface area contributed by atoms with Gasteiger partial charge in [-0.25, -0.2) is 29.9 Å². The van der Waals surface area contributed by atoms with Crippen molar-refractivity contribution in [1.82, 2.24) is 39.9 Å². The van der Waals surface area contributed by atoms with Gasteiger partial charge in [0.2, 0.25) is 0 Å². The lowest BCUT2D eigenvalue weighted by atomic mass is 9.85. The van der Waals surface area contributed by atoms with Crippen molar-refractivity contribution in [2.75, 3.05) is 0 Å². The van der Waals surface area contributed by atoms with Gasteiger partial charge in [-0.1, -0.05) is 117 Å². The van der Waals surface area contributed by atoms with E-state index in [0.29, 0.717) is 62.0 Å². The zero-order valence-corrected chi connectivity index (χ0v) is 36.7. The second-order valence-electron chi connectivity index (χ2n) is 19.3. The van der Waals surface area contributed by atoms with E-state index in [4.69, 9.17) is 29.9 Å². The average molecular weight is 823 g/mol.